The van der Waals surface area contributed by atoms with Crippen LogP contribution in [0.4, 0.5) is 5.13 Å². The van der Waals surface area contributed by atoms with Crippen LogP contribution < -0.4 is 10.6 Å². The fourth-order valence-electron chi connectivity index (χ4n) is 1.86. The van der Waals surface area contributed by atoms with Crippen LogP contribution in [-0.4, -0.2) is 49.0 Å². The second kappa shape index (κ2) is 5.46. The van der Waals surface area contributed by atoms with Crippen LogP contribution in [0.5, 0.6) is 0 Å². The van der Waals surface area contributed by atoms with E-state index in [9.17, 15) is 4.79 Å². The van der Waals surface area contributed by atoms with Crippen molar-refractivity contribution >= 4 is 22.4 Å². The summed E-state index contributed by atoms with van der Waals surface area (Å²) >= 11 is 1.57. The molecule has 0 saturated carbocycles. The zero-order valence-electron chi connectivity index (χ0n) is 10.2. The number of piperazine rings is 1. The van der Waals surface area contributed by atoms with Gasteiger partial charge in [-0.1, -0.05) is 0 Å². The molecule has 1 aromatic heterocycles. The Bertz CT molecular complexity index is 398. The molecule has 2 heterocycles. The molecule has 1 aromatic rings. The molecule has 1 aliphatic heterocycles. The Morgan fingerprint density at radius 2 is 2.24 bits per heavy atom. The van der Waals surface area contributed by atoms with Crippen molar-refractivity contribution in [2.24, 2.45) is 0 Å². The summed E-state index contributed by atoms with van der Waals surface area (Å²) < 4.78 is 0. The Balaban J connectivity index is 1.99. The van der Waals surface area contributed by atoms with E-state index in [1.54, 1.807) is 11.3 Å². The molecule has 17 heavy (non-hydrogen) atoms. The molecule has 6 heteroatoms. The van der Waals surface area contributed by atoms with Gasteiger partial charge in [0.25, 0.3) is 0 Å². The molecule has 1 aliphatic rings. The SMILES string of the molecule is CNc1nc(C)c(CC(=O)N2CCNCC2)s1. The van der Waals surface area contributed by atoms with Gasteiger partial charge in [-0.05, 0) is 6.92 Å². The minimum atomic E-state index is 0.209. The quantitative estimate of drug-likeness (QED) is 0.823. The third-order valence-electron chi connectivity index (χ3n) is 2.89. The first-order valence-electron chi connectivity index (χ1n) is 5.83. The van der Waals surface area contributed by atoms with Crippen molar-refractivity contribution in [2.45, 2.75) is 13.3 Å². The van der Waals surface area contributed by atoms with Crippen LogP contribution in [0.2, 0.25) is 0 Å². The Morgan fingerprint density at radius 3 is 2.82 bits per heavy atom. The predicted molar refractivity (Wildman–Crippen MR) is 69.6 cm³/mol. The highest BCUT2D eigenvalue weighted by Gasteiger charge is 2.18. The van der Waals surface area contributed by atoms with Crippen molar-refractivity contribution < 1.29 is 4.79 Å². The first-order chi connectivity index (χ1) is 8.20. The van der Waals surface area contributed by atoms with Crippen LogP contribution in [0.15, 0.2) is 0 Å². The number of nitrogens with one attached hydrogen (secondary N) is 2. The van der Waals surface area contributed by atoms with Gasteiger partial charge in [0.1, 0.15) is 0 Å². The maximum Gasteiger partial charge on any atom is 0.227 e. The molecule has 0 aromatic carbocycles. The fourth-order valence-corrected chi connectivity index (χ4v) is 2.77. The number of anilines is 1. The van der Waals surface area contributed by atoms with E-state index in [2.05, 4.69) is 15.6 Å². The second-order valence-electron chi connectivity index (χ2n) is 4.09. The highest BCUT2D eigenvalue weighted by Crippen LogP contribution is 2.22. The van der Waals surface area contributed by atoms with Crippen LogP contribution in [0.25, 0.3) is 0 Å². The molecule has 0 bridgehead atoms. The van der Waals surface area contributed by atoms with Gasteiger partial charge in [0.15, 0.2) is 5.13 Å². The number of hydrogen-bond acceptors (Lipinski definition) is 5. The average Bonchev–Trinajstić information content (AvgIpc) is 2.71. The number of aromatic nitrogens is 1. The Labute approximate surface area is 105 Å². The number of thiazole rings is 1. The number of carbonyl (C=O) groups excluding carboxylic acids is 1. The summed E-state index contributed by atoms with van der Waals surface area (Å²) in [6.45, 7) is 5.38. The van der Waals surface area contributed by atoms with Gasteiger partial charge < -0.3 is 15.5 Å². The van der Waals surface area contributed by atoms with Crippen molar-refractivity contribution in [3.05, 3.63) is 10.6 Å². The first-order valence-corrected chi connectivity index (χ1v) is 6.65. The van der Waals surface area contributed by atoms with Gasteiger partial charge in [-0.3, -0.25) is 4.79 Å². The third-order valence-corrected chi connectivity index (χ3v) is 4.06. The summed E-state index contributed by atoms with van der Waals surface area (Å²) in [7, 11) is 1.85. The summed E-state index contributed by atoms with van der Waals surface area (Å²) in [6, 6.07) is 0. The van der Waals surface area contributed by atoms with E-state index in [4.69, 9.17) is 0 Å². The normalized spacial score (nSPS) is 16.0. The maximum absolute atomic E-state index is 12.1. The lowest BCUT2D eigenvalue weighted by atomic mass is 10.2. The van der Waals surface area contributed by atoms with E-state index < -0.39 is 0 Å². The second-order valence-corrected chi connectivity index (χ2v) is 5.17. The van der Waals surface area contributed by atoms with E-state index in [1.807, 2.05) is 18.9 Å². The summed E-state index contributed by atoms with van der Waals surface area (Å²) in [4.78, 5) is 19.4. The van der Waals surface area contributed by atoms with Gasteiger partial charge in [0.2, 0.25) is 5.91 Å². The zero-order chi connectivity index (χ0) is 12.3. The third kappa shape index (κ3) is 2.95. The largest absolute Gasteiger partial charge is 0.365 e. The van der Waals surface area contributed by atoms with Gasteiger partial charge in [-0.2, -0.15) is 0 Å². The summed E-state index contributed by atoms with van der Waals surface area (Å²) in [5.41, 5.74) is 0.961. The van der Waals surface area contributed by atoms with Gasteiger partial charge in [0, 0.05) is 38.1 Å². The number of carbonyl (C=O) groups is 1. The summed E-state index contributed by atoms with van der Waals surface area (Å²) in [5, 5.41) is 7.14. The van der Waals surface area contributed by atoms with Gasteiger partial charge in [0.05, 0.1) is 12.1 Å². The minimum absolute atomic E-state index is 0.209. The first kappa shape index (κ1) is 12.3. The monoisotopic (exact) mass is 254 g/mol. The molecule has 0 aliphatic carbocycles. The zero-order valence-corrected chi connectivity index (χ0v) is 11.1. The van der Waals surface area contributed by atoms with E-state index in [0.29, 0.717) is 6.42 Å². The number of amides is 1. The van der Waals surface area contributed by atoms with Gasteiger partial charge >= 0.3 is 0 Å². The Hall–Kier alpha value is -1.14. The van der Waals surface area contributed by atoms with Crippen molar-refractivity contribution in [1.82, 2.24) is 15.2 Å². The number of nitrogens with zero attached hydrogens (tertiary/aromatic N) is 2. The number of aryl methyl sites for hydroxylation is 1. The van der Waals surface area contributed by atoms with Crippen molar-refractivity contribution in [3.8, 4) is 0 Å². The molecule has 1 amide bonds. The van der Waals surface area contributed by atoms with Crippen molar-refractivity contribution in [3.63, 3.8) is 0 Å². The van der Waals surface area contributed by atoms with Crippen LogP contribution in [0, 0.1) is 6.92 Å². The summed E-state index contributed by atoms with van der Waals surface area (Å²) in [6.07, 6.45) is 0.477. The molecule has 5 nitrogen and oxygen atoms in total. The Kier molecular flexibility index (Phi) is 3.96. The molecule has 2 rings (SSSR count). The molecule has 2 N–H and O–H groups in total. The van der Waals surface area contributed by atoms with Crippen LogP contribution in [0.3, 0.4) is 0 Å². The van der Waals surface area contributed by atoms with E-state index in [-0.39, 0.29) is 5.91 Å². The van der Waals surface area contributed by atoms with Crippen LogP contribution >= 0.6 is 11.3 Å². The molecule has 94 valence electrons. The lowest BCUT2D eigenvalue weighted by Crippen LogP contribution is -2.46. The molecule has 0 spiro atoms. The fraction of sp³-hybridized carbons (Fsp3) is 0.636. The standard InChI is InChI=1S/C11H18N4OS/c1-8-9(17-11(12-2)14-8)7-10(16)15-5-3-13-4-6-15/h13H,3-7H2,1-2H3,(H,12,14). The minimum Gasteiger partial charge on any atom is -0.365 e. The number of hydrogen-bond donors (Lipinski definition) is 2. The highest BCUT2D eigenvalue weighted by molar-refractivity contribution is 7.15. The van der Waals surface area contributed by atoms with Crippen molar-refractivity contribution in [1.29, 1.82) is 0 Å². The van der Waals surface area contributed by atoms with E-state index in [1.165, 1.54) is 0 Å². The summed E-state index contributed by atoms with van der Waals surface area (Å²) in [5.74, 6) is 0.209. The van der Waals surface area contributed by atoms with Crippen LogP contribution in [0.1, 0.15) is 10.6 Å². The molecule has 0 atom stereocenters. The lowest BCUT2D eigenvalue weighted by Gasteiger charge is -2.27. The van der Waals surface area contributed by atoms with Crippen molar-refractivity contribution in [2.75, 3.05) is 38.5 Å². The molecule has 1 saturated heterocycles. The van der Waals surface area contributed by atoms with Gasteiger partial charge in [-0.25, -0.2) is 4.98 Å². The molecular weight excluding hydrogens is 236 g/mol. The predicted octanol–water partition coefficient (Wildman–Crippen LogP) is 0.468. The molecular formula is C11H18N4OS. The average molecular weight is 254 g/mol. The molecule has 0 unspecified atom stereocenters. The van der Waals surface area contributed by atoms with E-state index in [0.717, 1.165) is 41.9 Å². The Morgan fingerprint density at radius 1 is 1.53 bits per heavy atom. The topological polar surface area (TPSA) is 57.3 Å². The molecule has 1 fully saturated rings. The smallest absolute Gasteiger partial charge is 0.227 e. The van der Waals surface area contributed by atoms with Gasteiger partial charge in [-0.15, -0.1) is 11.3 Å². The van der Waals surface area contributed by atoms with Crippen LogP contribution in [-0.2, 0) is 11.2 Å². The maximum atomic E-state index is 12.1. The van der Waals surface area contributed by atoms with E-state index >= 15 is 0 Å². The number of rotatable bonds is 3. The highest BCUT2D eigenvalue weighted by atomic mass is 32.1. The molecule has 0 radical (unpaired) electrons. The lowest BCUT2D eigenvalue weighted by molar-refractivity contribution is -0.130.